The minimum atomic E-state index is -0.0205. The minimum absolute atomic E-state index is 0.0205. The van der Waals surface area contributed by atoms with Crippen LogP contribution in [-0.2, 0) is 0 Å². The summed E-state index contributed by atoms with van der Waals surface area (Å²) < 4.78 is 1.08. The van der Waals surface area contributed by atoms with E-state index in [0.29, 0.717) is 0 Å². The van der Waals surface area contributed by atoms with Crippen LogP contribution < -0.4 is 11.1 Å². The summed E-state index contributed by atoms with van der Waals surface area (Å²) in [5.41, 5.74) is 8.95. The lowest BCUT2D eigenvalue weighted by atomic mass is 10.2. The highest BCUT2D eigenvalue weighted by molar-refractivity contribution is 9.10. The molecule has 0 saturated carbocycles. The van der Waals surface area contributed by atoms with Crippen LogP contribution in [0.5, 0.6) is 0 Å². The smallest absolute Gasteiger partial charge is 0.187 e. The van der Waals surface area contributed by atoms with E-state index in [-0.39, 0.29) is 6.04 Å². The molecule has 3 nitrogen and oxygen atoms in total. The molecular weight excluding hydrogens is 298 g/mol. The summed E-state index contributed by atoms with van der Waals surface area (Å²) in [6, 6.07) is 6.09. The van der Waals surface area contributed by atoms with Crippen LogP contribution in [0.4, 0.5) is 10.8 Å². The van der Waals surface area contributed by atoms with Gasteiger partial charge in [-0.05, 0) is 37.6 Å². The van der Waals surface area contributed by atoms with Crippen LogP contribution in [0.1, 0.15) is 24.2 Å². The molecule has 0 aliphatic carbocycles. The average molecular weight is 312 g/mol. The van der Waals surface area contributed by atoms with E-state index in [2.05, 4.69) is 39.2 Å². The Kier molecular flexibility index (Phi) is 3.81. The predicted molar refractivity (Wildman–Crippen MR) is 76.9 cm³/mol. The quantitative estimate of drug-likeness (QED) is 0.901. The summed E-state index contributed by atoms with van der Waals surface area (Å²) in [6.45, 7) is 4.00. The molecule has 5 heteroatoms. The van der Waals surface area contributed by atoms with Gasteiger partial charge in [-0.25, -0.2) is 4.98 Å². The van der Waals surface area contributed by atoms with Crippen LogP contribution in [0.15, 0.2) is 28.1 Å². The van der Waals surface area contributed by atoms with Crippen molar-refractivity contribution in [1.82, 2.24) is 4.98 Å². The number of anilines is 2. The standard InChI is InChI=1S/C12H14BrN3S/c1-7-5-9(13)3-4-10(7)15-12-16-11(6-17-12)8(2)14/h3-6,8H,14H2,1-2H3,(H,15,16). The van der Waals surface area contributed by atoms with Gasteiger partial charge in [0, 0.05) is 21.6 Å². The molecule has 0 aliphatic rings. The fourth-order valence-corrected chi connectivity index (χ4v) is 2.74. The monoisotopic (exact) mass is 311 g/mol. The summed E-state index contributed by atoms with van der Waals surface area (Å²) in [7, 11) is 0. The Hall–Kier alpha value is -0.910. The highest BCUT2D eigenvalue weighted by atomic mass is 79.9. The molecule has 1 unspecified atom stereocenters. The minimum Gasteiger partial charge on any atom is -0.331 e. The molecule has 0 amide bonds. The summed E-state index contributed by atoms with van der Waals surface area (Å²) in [5, 5.41) is 6.17. The van der Waals surface area contributed by atoms with Gasteiger partial charge in [-0.2, -0.15) is 0 Å². The number of hydrogen-bond acceptors (Lipinski definition) is 4. The van der Waals surface area contributed by atoms with Gasteiger partial charge in [0.25, 0.3) is 0 Å². The Morgan fingerprint density at radius 2 is 2.24 bits per heavy atom. The summed E-state index contributed by atoms with van der Waals surface area (Å²) in [4.78, 5) is 4.44. The maximum absolute atomic E-state index is 5.78. The average Bonchev–Trinajstić information content (AvgIpc) is 2.71. The molecule has 0 aliphatic heterocycles. The summed E-state index contributed by atoms with van der Waals surface area (Å²) >= 11 is 5.02. The highest BCUT2D eigenvalue weighted by Gasteiger charge is 2.07. The Balaban J connectivity index is 2.19. The number of hydrogen-bond donors (Lipinski definition) is 2. The van der Waals surface area contributed by atoms with E-state index >= 15 is 0 Å². The molecule has 1 aromatic heterocycles. The summed E-state index contributed by atoms with van der Waals surface area (Å²) in [6.07, 6.45) is 0. The second kappa shape index (κ2) is 5.16. The maximum Gasteiger partial charge on any atom is 0.187 e. The zero-order valence-electron chi connectivity index (χ0n) is 9.70. The zero-order chi connectivity index (χ0) is 12.4. The van der Waals surface area contributed by atoms with Gasteiger partial charge in [-0.15, -0.1) is 11.3 Å². The molecular formula is C12H14BrN3S. The lowest BCUT2D eigenvalue weighted by molar-refractivity contribution is 0.790. The highest BCUT2D eigenvalue weighted by Crippen LogP contribution is 2.26. The molecule has 2 aromatic rings. The second-order valence-electron chi connectivity index (χ2n) is 3.95. The van der Waals surface area contributed by atoms with E-state index in [0.717, 1.165) is 21.0 Å². The van der Waals surface area contributed by atoms with Gasteiger partial charge in [0.15, 0.2) is 5.13 Å². The Morgan fingerprint density at radius 3 is 2.82 bits per heavy atom. The molecule has 0 radical (unpaired) electrons. The van der Waals surface area contributed by atoms with Crippen LogP contribution in [0.3, 0.4) is 0 Å². The number of thiazole rings is 1. The fourth-order valence-electron chi connectivity index (χ4n) is 1.44. The second-order valence-corrected chi connectivity index (χ2v) is 5.72. The number of rotatable bonds is 3. The van der Waals surface area contributed by atoms with E-state index in [1.807, 2.05) is 24.4 Å². The lowest BCUT2D eigenvalue weighted by Gasteiger charge is -2.07. The van der Waals surface area contributed by atoms with E-state index < -0.39 is 0 Å². The van der Waals surface area contributed by atoms with Gasteiger partial charge in [-0.3, -0.25) is 0 Å². The Morgan fingerprint density at radius 1 is 1.47 bits per heavy atom. The van der Waals surface area contributed by atoms with Crippen molar-refractivity contribution in [2.45, 2.75) is 19.9 Å². The molecule has 0 fully saturated rings. The van der Waals surface area contributed by atoms with E-state index in [9.17, 15) is 0 Å². The Labute approximate surface area is 113 Å². The molecule has 2 rings (SSSR count). The van der Waals surface area contributed by atoms with Crippen molar-refractivity contribution in [2.75, 3.05) is 5.32 Å². The van der Waals surface area contributed by atoms with Gasteiger partial charge >= 0.3 is 0 Å². The van der Waals surface area contributed by atoms with Crippen molar-refractivity contribution in [3.8, 4) is 0 Å². The van der Waals surface area contributed by atoms with Gasteiger partial charge in [0.2, 0.25) is 0 Å². The normalized spacial score (nSPS) is 12.5. The molecule has 1 heterocycles. The first-order valence-corrected chi connectivity index (χ1v) is 6.97. The van der Waals surface area contributed by atoms with Crippen LogP contribution in [0.2, 0.25) is 0 Å². The molecule has 3 N–H and O–H groups in total. The molecule has 0 saturated heterocycles. The molecule has 0 spiro atoms. The van der Waals surface area contributed by atoms with Crippen LogP contribution in [0, 0.1) is 6.92 Å². The third-order valence-corrected chi connectivity index (χ3v) is 3.69. The van der Waals surface area contributed by atoms with E-state index in [1.165, 1.54) is 5.56 Å². The number of nitrogens with one attached hydrogen (secondary N) is 1. The SMILES string of the molecule is Cc1cc(Br)ccc1Nc1nc(C(C)N)cs1. The molecule has 0 bridgehead atoms. The topological polar surface area (TPSA) is 50.9 Å². The van der Waals surface area contributed by atoms with Gasteiger partial charge in [0.1, 0.15) is 0 Å². The number of nitrogens with two attached hydrogens (primary N) is 1. The molecule has 90 valence electrons. The third-order valence-electron chi connectivity index (χ3n) is 2.42. The fraction of sp³-hybridized carbons (Fsp3) is 0.250. The van der Waals surface area contributed by atoms with Gasteiger partial charge < -0.3 is 11.1 Å². The number of aromatic nitrogens is 1. The number of benzene rings is 1. The zero-order valence-corrected chi connectivity index (χ0v) is 12.1. The molecule has 1 atom stereocenters. The largest absolute Gasteiger partial charge is 0.331 e. The number of aryl methyl sites for hydroxylation is 1. The van der Waals surface area contributed by atoms with Gasteiger partial charge in [0.05, 0.1) is 5.69 Å². The van der Waals surface area contributed by atoms with Crippen molar-refractivity contribution in [2.24, 2.45) is 5.73 Å². The molecule has 1 aromatic carbocycles. The summed E-state index contributed by atoms with van der Waals surface area (Å²) in [5.74, 6) is 0. The van der Waals surface area contributed by atoms with Crippen molar-refractivity contribution in [3.63, 3.8) is 0 Å². The van der Waals surface area contributed by atoms with Crippen molar-refractivity contribution >= 4 is 38.1 Å². The Bertz CT molecular complexity index is 522. The number of halogens is 1. The first-order chi connectivity index (χ1) is 8.06. The van der Waals surface area contributed by atoms with Crippen molar-refractivity contribution in [1.29, 1.82) is 0 Å². The number of nitrogens with zero attached hydrogens (tertiary/aromatic N) is 1. The third kappa shape index (κ3) is 3.06. The maximum atomic E-state index is 5.78. The predicted octanol–water partition coefficient (Wildman–Crippen LogP) is 3.98. The van der Waals surface area contributed by atoms with Crippen LogP contribution in [0.25, 0.3) is 0 Å². The first kappa shape index (κ1) is 12.5. The first-order valence-electron chi connectivity index (χ1n) is 5.30. The lowest BCUT2D eigenvalue weighted by Crippen LogP contribution is -2.05. The molecule has 17 heavy (non-hydrogen) atoms. The van der Waals surface area contributed by atoms with Crippen LogP contribution in [-0.4, -0.2) is 4.98 Å². The van der Waals surface area contributed by atoms with Crippen molar-refractivity contribution < 1.29 is 0 Å². The van der Waals surface area contributed by atoms with Crippen LogP contribution >= 0.6 is 27.3 Å². The van der Waals surface area contributed by atoms with Crippen molar-refractivity contribution in [3.05, 3.63) is 39.3 Å². The van der Waals surface area contributed by atoms with E-state index in [1.54, 1.807) is 11.3 Å². The van der Waals surface area contributed by atoms with E-state index in [4.69, 9.17) is 5.73 Å². The van der Waals surface area contributed by atoms with Gasteiger partial charge in [-0.1, -0.05) is 15.9 Å².